The second kappa shape index (κ2) is 9.65. The lowest BCUT2D eigenvalue weighted by molar-refractivity contribution is -0.385. The summed E-state index contributed by atoms with van der Waals surface area (Å²) in [5, 5.41) is 14.4. The van der Waals surface area contributed by atoms with Crippen molar-refractivity contribution < 1.29 is 9.72 Å². The van der Waals surface area contributed by atoms with E-state index in [4.69, 9.17) is 0 Å². The highest BCUT2D eigenvalue weighted by Crippen LogP contribution is 2.23. The van der Waals surface area contributed by atoms with Gasteiger partial charge in [-0.05, 0) is 37.1 Å². The monoisotopic (exact) mass is 404 g/mol. The fourth-order valence-electron chi connectivity index (χ4n) is 3.27. The molecule has 7 heteroatoms. The van der Waals surface area contributed by atoms with E-state index in [1.807, 2.05) is 50.2 Å². The van der Waals surface area contributed by atoms with E-state index in [-0.39, 0.29) is 18.3 Å². The third kappa shape index (κ3) is 5.20. The molecule has 7 nitrogen and oxygen atoms in total. The Morgan fingerprint density at radius 2 is 1.73 bits per heavy atom. The first-order chi connectivity index (χ1) is 14.5. The molecule has 0 saturated carbocycles. The Bertz CT molecular complexity index is 1020. The normalized spacial score (nSPS) is 10.5. The summed E-state index contributed by atoms with van der Waals surface area (Å²) in [6.07, 6.45) is 2.25. The van der Waals surface area contributed by atoms with Gasteiger partial charge in [0.25, 0.3) is 5.69 Å². The van der Waals surface area contributed by atoms with Crippen molar-refractivity contribution in [3.63, 3.8) is 0 Å². The molecule has 1 aromatic heterocycles. The van der Waals surface area contributed by atoms with E-state index < -0.39 is 4.92 Å². The van der Waals surface area contributed by atoms with Gasteiger partial charge in [-0.15, -0.1) is 0 Å². The minimum Gasteiger partial charge on any atom is -0.320 e. The molecule has 0 atom stereocenters. The van der Waals surface area contributed by atoms with Crippen LogP contribution in [0, 0.1) is 24.0 Å². The van der Waals surface area contributed by atoms with Gasteiger partial charge in [0.1, 0.15) is 0 Å². The number of anilines is 1. The van der Waals surface area contributed by atoms with Crippen LogP contribution in [0.5, 0.6) is 0 Å². The number of hydrogen-bond acceptors (Lipinski definition) is 4. The Morgan fingerprint density at radius 3 is 2.40 bits per heavy atom. The van der Waals surface area contributed by atoms with Crippen LogP contribution in [0.3, 0.4) is 0 Å². The van der Waals surface area contributed by atoms with Crippen molar-refractivity contribution in [2.24, 2.45) is 0 Å². The van der Waals surface area contributed by atoms with Crippen molar-refractivity contribution in [1.82, 2.24) is 9.88 Å². The van der Waals surface area contributed by atoms with E-state index >= 15 is 0 Å². The number of carbonyl (C=O) groups excluding carboxylic acids is 1. The quantitative estimate of drug-likeness (QED) is 0.449. The maximum atomic E-state index is 13.1. The van der Waals surface area contributed by atoms with Crippen molar-refractivity contribution in [2.75, 3.05) is 11.9 Å². The molecule has 2 aromatic carbocycles. The third-order valence-corrected chi connectivity index (χ3v) is 4.91. The molecular formula is C23H24N4O3. The van der Waals surface area contributed by atoms with E-state index in [1.54, 1.807) is 29.3 Å². The van der Waals surface area contributed by atoms with Crippen LogP contribution in [-0.2, 0) is 13.0 Å². The van der Waals surface area contributed by atoms with Gasteiger partial charge in [0.15, 0.2) is 0 Å². The number of pyridine rings is 1. The number of nitrogens with one attached hydrogen (secondary N) is 1. The number of benzene rings is 2. The SMILES string of the molecule is Cc1cccc(C)c1NC(=O)N(CCc1ccccn1)Cc1ccccc1[N+](=O)[O-]. The lowest BCUT2D eigenvalue weighted by Crippen LogP contribution is -2.36. The van der Waals surface area contributed by atoms with Crippen molar-refractivity contribution in [3.8, 4) is 0 Å². The summed E-state index contributed by atoms with van der Waals surface area (Å²) in [5.74, 6) is 0. The van der Waals surface area contributed by atoms with Gasteiger partial charge >= 0.3 is 6.03 Å². The maximum Gasteiger partial charge on any atom is 0.322 e. The predicted molar refractivity (Wildman–Crippen MR) is 116 cm³/mol. The van der Waals surface area contributed by atoms with Crippen LogP contribution in [0.1, 0.15) is 22.4 Å². The highest BCUT2D eigenvalue weighted by atomic mass is 16.6. The summed E-state index contributed by atoms with van der Waals surface area (Å²) in [6, 6.07) is 17.6. The van der Waals surface area contributed by atoms with E-state index in [2.05, 4.69) is 10.3 Å². The summed E-state index contributed by atoms with van der Waals surface area (Å²) in [4.78, 5) is 30.0. The molecule has 0 aliphatic rings. The Kier molecular flexibility index (Phi) is 6.75. The number of hydrogen-bond donors (Lipinski definition) is 1. The number of nitro groups is 1. The molecule has 154 valence electrons. The maximum absolute atomic E-state index is 13.1. The minimum absolute atomic E-state index is 0.000193. The standard InChI is InChI=1S/C23H24N4O3/c1-17-8-7-9-18(2)22(17)25-23(28)26(15-13-20-11-5-6-14-24-20)16-19-10-3-4-12-21(19)27(29)30/h3-12,14H,13,15-16H2,1-2H3,(H,25,28). The largest absolute Gasteiger partial charge is 0.322 e. The summed E-state index contributed by atoms with van der Waals surface area (Å²) >= 11 is 0. The Morgan fingerprint density at radius 1 is 1.03 bits per heavy atom. The zero-order chi connectivity index (χ0) is 21.5. The van der Waals surface area contributed by atoms with Crippen LogP contribution in [-0.4, -0.2) is 27.4 Å². The van der Waals surface area contributed by atoms with Gasteiger partial charge in [0.05, 0.1) is 11.5 Å². The molecule has 1 heterocycles. The molecule has 3 aromatic rings. The zero-order valence-corrected chi connectivity index (χ0v) is 17.0. The molecule has 1 N–H and O–H groups in total. The van der Waals surface area contributed by atoms with Crippen molar-refractivity contribution >= 4 is 17.4 Å². The number of aromatic nitrogens is 1. The van der Waals surface area contributed by atoms with Gasteiger partial charge in [-0.2, -0.15) is 0 Å². The summed E-state index contributed by atoms with van der Waals surface area (Å²) in [6.45, 7) is 4.37. The van der Waals surface area contributed by atoms with Crippen LogP contribution < -0.4 is 5.32 Å². The van der Waals surface area contributed by atoms with Crippen LogP contribution in [0.25, 0.3) is 0 Å². The molecule has 0 fully saturated rings. The Balaban J connectivity index is 1.85. The number of nitrogens with zero attached hydrogens (tertiary/aromatic N) is 3. The lowest BCUT2D eigenvalue weighted by atomic mass is 10.1. The Labute approximate surface area is 175 Å². The number of rotatable bonds is 7. The number of carbonyl (C=O) groups is 1. The Hall–Kier alpha value is -3.74. The van der Waals surface area contributed by atoms with Gasteiger partial charge in [-0.25, -0.2) is 4.79 Å². The molecule has 0 bridgehead atoms. The van der Waals surface area contributed by atoms with Crippen LogP contribution >= 0.6 is 0 Å². The first kappa shape index (κ1) is 21.0. The van der Waals surface area contributed by atoms with Gasteiger partial charge in [0.2, 0.25) is 0 Å². The summed E-state index contributed by atoms with van der Waals surface area (Å²) in [5.41, 5.74) is 4.01. The van der Waals surface area contributed by atoms with Gasteiger partial charge in [-0.3, -0.25) is 15.1 Å². The number of amides is 2. The highest BCUT2D eigenvalue weighted by Gasteiger charge is 2.21. The highest BCUT2D eigenvalue weighted by molar-refractivity contribution is 5.91. The number of para-hydroxylation sites is 2. The zero-order valence-electron chi connectivity index (χ0n) is 17.0. The van der Waals surface area contributed by atoms with E-state index in [0.29, 0.717) is 18.5 Å². The van der Waals surface area contributed by atoms with Gasteiger partial charge < -0.3 is 10.2 Å². The van der Waals surface area contributed by atoms with Gasteiger partial charge in [0, 0.05) is 42.2 Å². The van der Waals surface area contributed by atoms with Crippen molar-refractivity contribution in [3.05, 3.63) is 99.4 Å². The fraction of sp³-hybridized carbons (Fsp3) is 0.217. The molecule has 2 amide bonds. The molecule has 0 spiro atoms. The molecule has 0 aliphatic carbocycles. The molecule has 0 unspecified atom stereocenters. The van der Waals surface area contributed by atoms with E-state index in [0.717, 1.165) is 22.5 Å². The summed E-state index contributed by atoms with van der Waals surface area (Å²) < 4.78 is 0. The number of urea groups is 1. The molecule has 30 heavy (non-hydrogen) atoms. The van der Waals surface area contributed by atoms with Crippen LogP contribution in [0.4, 0.5) is 16.2 Å². The van der Waals surface area contributed by atoms with Crippen LogP contribution in [0.15, 0.2) is 66.9 Å². The van der Waals surface area contributed by atoms with Crippen molar-refractivity contribution in [1.29, 1.82) is 0 Å². The molecule has 3 rings (SSSR count). The van der Waals surface area contributed by atoms with E-state index in [1.165, 1.54) is 6.07 Å². The summed E-state index contributed by atoms with van der Waals surface area (Å²) in [7, 11) is 0. The van der Waals surface area contributed by atoms with Gasteiger partial charge in [-0.1, -0.05) is 42.5 Å². The third-order valence-electron chi connectivity index (χ3n) is 4.91. The average Bonchev–Trinajstić information content (AvgIpc) is 2.74. The first-order valence-electron chi connectivity index (χ1n) is 9.70. The molecular weight excluding hydrogens is 380 g/mol. The number of aryl methyl sites for hydroxylation is 2. The van der Waals surface area contributed by atoms with Crippen molar-refractivity contribution in [2.45, 2.75) is 26.8 Å². The first-order valence-corrected chi connectivity index (χ1v) is 9.70. The second-order valence-electron chi connectivity index (χ2n) is 7.08. The minimum atomic E-state index is -0.421. The topological polar surface area (TPSA) is 88.4 Å². The fourth-order valence-corrected chi connectivity index (χ4v) is 3.27. The predicted octanol–water partition coefficient (Wildman–Crippen LogP) is 4.88. The number of nitro benzene ring substituents is 1. The lowest BCUT2D eigenvalue weighted by Gasteiger charge is -2.24. The van der Waals surface area contributed by atoms with E-state index in [9.17, 15) is 14.9 Å². The second-order valence-corrected chi connectivity index (χ2v) is 7.08. The average molecular weight is 404 g/mol. The smallest absolute Gasteiger partial charge is 0.320 e. The molecule has 0 aliphatic heterocycles. The van der Waals surface area contributed by atoms with Crippen LogP contribution in [0.2, 0.25) is 0 Å². The molecule has 0 radical (unpaired) electrons. The molecule has 0 saturated heterocycles.